The molecule has 1 saturated carbocycles. The number of amides is 2. The fourth-order valence-corrected chi connectivity index (χ4v) is 5.53. The lowest BCUT2D eigenvalue weighted by atomic mass is 9.72. The van der Waals surface area contributed by atoms with Gasteiger partial charge in [-0.3, -0.25) is 14.5 Å². The molecular weight excluding hydrogens is 429 g/mol. The third-order valence-electron chi connectivity index (χ3n) is 7.63. The number of nitrogens with zero attached hydrogens (tertiary/aromatic N) is 1. The van der Waals surface area contributed by atoms with Gasteiger partial charge in [0.15, 0.2) is 0 Å². The Morgan fingerprint density at radius 3 is 2.06 bits per heavy atom. The first-order valence-electron chi connectivity index (χ1n) is 11.8. The van der Waals surface area contributed by atoms with Crippen LogP contribution in [0.2, 0.25) is 0 Å². The van der Waals surface area contributed by atoms with E-state index in [9.17, 15) is 14.0 Å². The zero-order chi connectivity index (χ0) is 23.9. The standard InChI is InChI=1S/C29H28FNO3/c1-29(2,20-12-14-22(30)15-13-20)21-16-19(18-34-23-8-4-3-5-9-23)26(17-21)31-27(32)24-10-6-7-11-25(24)28(31)33/h3-15,19,21,26H,16-18H2,1-2H3. The number of para-hydroxylation sites is 1. The maximum absolute atomic E-state index is 13.6. The molecule has 174 valence electrons. The van der Waals surface area contributed by atoms with Crippen molar-refractivity contribution in [2.24, 2.45) is 11.8 Å². The molecule has 0 bridgehead atoms. The summed E-state index contributed by atoms with van der Waals surface area (Å²) in [5, 5.41) is 0. The van der Waals surface area contributed by atoms with Crippen molar-refractivity contribution < 1.29 is 18.7 Å². The van der Waals surface area contributed by atoms with Crippen LogP contribution in [0, 0.1) is 17.7 Å². The second-order valence-corrected chi connectivity index (χ2v) is 9.87. The number of benzene rings is 3. The summed E-state index contributed by atoms with van der Waals surface area (Å²) in [6, 6.07) is 23.0. The Balaban J connectivity index is 1.44. The molecule has 5 rings (SSSR count). The summed E-state index contributed by atoms with van der Waals surface area (Å²) in [6.45, 7) is 4.73. The third-order valence-corrected chi connectivity index (χ3v) is 7.63. The normalized spacial score (nSPS) is 22.2. The maximum Gasteiger partial charge on any atom is 0.261 e. The Morgan fingerprint density at radius 2 is 1.44 bits per heavy atom. The molecule has 34 heavy (non-hydrogen) atoms. The van der Waals surface area contributed by atoms with Crippen molar-refractivity contribution in [3.63, 3.8) is 0 Å². The largest absolute Gasteiger partial charge is 0.493 e. The topological polar surface area (TPSA) is 46.6 Å². The lowest BCUT2D eigenvalue weighted by molar-refractivity contribution is 0.0519. The molecule has 5 heteroatoms. The van der Waals surface area contributed by atoms with Crippen LogP contribution in [0.3, 0.4) is 0 Å². The Hall–Kier alpha value is -3.47. The minimum Gasteiger partial charge on any atom is -0.493 e. The van der Waals surface area contributed by atoms with E-state index in [1.165, 1.54) is 17.0 Å². The monoisotopic (exact) mass is 457 g/mol. The Labute approximate surface area is 199 Å². The van der Waals surface area contributed by atoms with Crippen LogP contribution < -0.4 is 4.74 Å². The van der Waals surface area contributed by atoms with Gasteiger partial charge in [0.1, 0.15) is 11.6 Å². The highest BCUT2D eigenvalue weighted by Gasteiger charge is 2.50. The fourth-order valence-electron chi connectivity index (χ4n) is 5.53. The van der Waals surface area contributed by atoms with Gasteiger partial charge in [-0.15, -0.1) is 0 Å². The van der Waals surface area contributed by atoms with Crippen molar-refractivity contribution in [2.75, 3.05) is 6.61 Å². The molecule has 3 atom stereocenters. The van der Waals surface area contributed by atoms with E-state index in [-0.39, 0.29) is 40.9 Å². The Bertz CT molecular complexity index is 1170. The predicted molar refractivity (Wildman–Crippen MR) is 128 cm³/mol. The van der Waals surface area contributed by atoms with E-state index in [0.717, 1.165) is 17.7 Å². The quantitative estimate of drug-likeness (QED) is 0.435. The first-order chi connectivity index (χ1) is 16.4. The molecule has 1 fully saturated rings. The smallest absolute Gasteiger partial charge is 0.261 e. The average Bonchev–Trinajstić information content (AvgIpc) is 3.38. The summed E-state index contributed by atoms with van der Waals surface area (Å²) in [5.41, 5.74) is 1.73. The second-order valence-electron chi connectivity index (χ2n) is 9.87. The molecule has 3 aromatic carbocycles. The maximum atomic E-state index is 13.6. The minimum absolute atomic E-state index is 0.00728. The zero-order valence-electron chi connectivity index (χ0n) is 19.4. The van der Waals surface area contributed by atoms with E-state index < -0.39 is 0 Å². The van der Waals surface area contributed by atoms with Crippen molar-refractivity contribution in [3.05, 3.63) is 101 Å². The molecular formula is C29H28FNO3. The van der Waals surface area contributed by atoms with Gasteiger partial charge in [0, 0.05) is 12.0 Å². The lowest BCUT2D eigenvalue weighted by Gasteiger charge is -2.33. The number of halogens is 1. The molecule has 1 aliphatic carbocycles. The highest BCUT2D eigenvalue weighted by atomic mass is 19.1. The number of carbonyl (C=O) groups is 2. The van der Waals surface area contributed by atoms with Gasteiger partial charge in [-0.05, 0) is 66.1 Å². The number of fused-ring (bicyclic) bond motifs is 1. The highest BCUT2D eigenvalue weighted by molar-refractivity contribution is 6.21. The molecule has 4 nitrogen and oxygen atoms in total. The van der Waals surface area contributed by atoms with Gasteiger partial charge in [0.25, 0.3) is 11.8 Å². The molecule has 0 N–H and O–H groups in total. The fraction of sp³-hybridized carbons (Fsp3) is 0.310. The Morgan fingerprint density at radius 1 is 0.853 bits per heavy atom. The van der Waals surface area contributed by atoms with E-state index in [1.54, 1.807) is 24.3 Å². The van der Waals surface area contributed by atoms with E-state index in [2.05, 4.69) is 13.8 Å². The number of hydrogen-bond acceptors (Lipinski definition) is 3. The Kier molecular flexibility index (Phi) is 5.72. The van der Waals surface area contributed by atoms with Crippen LogP contribution in [-0.2, 0) is 5.41 Å². The lowest BCUT2D eigenvalue weighted by Crippen LogP contribution is -2.43. The summed E-state index contributed by atoms with van der Waals surface area (Å²) < 4.78 is 19.7. The molecule has 0 saturated heterocycles. The molecule has 3 unspecified atom stereocenters. The van der Waals surface area contributed by atoms with Crippen LogP contribution in [0.4, 0.5) is 4.39 Å². The van der Waals surface area contributed by atoms with E-state index in [0.29, 0.717) is 24.2 Å². The number of ether oxygens (including phenoxy) is 1. The van der Waals surface area contributed by atoms with E-state index in [4.69, 9.17) is 4.74 Å². The summed E-state index contributed by atoms with van der Waals surface area (Å²) in [5.74, 6) is 0.240. The molecule has 0 spiro atoms. The first-order valence-corrected chi connectivity index (χ1v) is 11.8. The third kappa shape index (κ3) is 3.89. The molecule has 3 aromatic rings. The van der Waals surface area contributed by atoms with Crippen LogP contribution >= 0.6 is 0 Å². The van der Waals surface area contributed by atoms with E-state index >= 15 is 0 Å². The molecule has 1 heterocycles. The zero-order valence-corrected chi connectivity index (χ0v) is 19.4. The number of rotatable bonds is 6. The summed E-state index contributed by atoms with van der Waals surface area (Å²) in [7, 11) is 0. The second kappa shape index (κ2) is 8.71. The van der Waals surface area contributed by atoms with Crippen LogP contribution in [0.25, 0.3) is 0 Å². The number of carbonyl (C=O) groups excluding carboxylic acids is 2. The summed E-state index contributed by atoms with van der Waals surface area (Å²) in [4.78, 5) is 28.1. The van der Waals surface area contributed by atoms with Gasteiger partial charge in [-0.1, -0.05) is 56.3 Å². The van der Waals surface area contributed by atoms with Gasteiger partial charge >= 0.3 is 0 Å². The summed E-state index contributed by atoms with van der Waals surface area (Å²) in [6.07, 6.45) is 1.48. The van der Waals surface area contributed by atoms with Crippen LogP contribution in [0.5, 0.6) is 5.75 Å². The van der Waals surface area contributed by atoms with Gasteiger partial charge in [0.05, 0.1) is 17.7 Å². The first kappa shape index (κ1) is 22.3. The van der Waals surface area contributed by atoms with Gasteiger partial charge in [-0.25, -0.2) is 4.39 Å². The van der Waals surface area contributed by atoms with Crippen LogP contribution in [0.15, 0.2) is 78.9 Å². The molecule has 0 radical (unpaired) electrons. The van der Waals surface area contributed by atoms with E-state index in [1.807, 2.05) is 42.5 Å². The summed E-state index contributed by atoms with van der Waals surface area (Å²) >= 11 is 0. The number of hydrogen-bond donors (Lipinski definition) is 0. The van der Waals surface area contributed by atoms with Gasteiger partial charge < -0.3 is 4.74 Å². The van der Waals surface area contributed by atoms with Crippen molar-refractivity contribution >= 4 is 11.8 Å². The van der Waals surface area contributed by atoms with Crippen molar-refractivity contribution in [2.45, 2.75) is 38.1 Å². The minimum atomic E-state index is -0.263. The molecule has 1 aliphatic heterocycles. The number of imide groups is 1. The van der Waals surface area contributed by atoms with Gasteiger partial charge in [-0.2, -0.15) is 0 Å². The highest BCUT2D eigenvalue weighted by Crippen LogP contribution is 2.47. The van der Waals surface area contributed by atoms with Crippen LogP contribution in [0.1, 0.15) is 53.0 Å². The predicted octanol–water partition coefficient (Wildman–Crippen LogP) is 5.87. The molecule has 2 aliphatic rings. The van der Waals surface area contributed by atoms with Crippen molar-refractivity contribution in [1.82, 2.24) is 4.90 Å². The van der Waals surface area contributed by atoms with Gasteiger partial charge in [0.2, 0.25) is 0 Å². The van der Waals surface area contributed by atoms with Crippen molar-refractivity contribution in [3.8, 4) is 5.75 Å². The van der Waals surface area contributed by atoms with Crippen LogP contribution in [-0.4, -0.2) is 29.4 Å². The molecule has 0 aromatic heterocycles. The SMILES string of the molecule is CC(C)(c1ccc(F)cc1)C1CC(COc2ccccc2)C(N2C(=O)c3ccccc3C2=O)C1. The van der Waals surface area contributed by atoms with Crippen molar-refractivity contribution in [1.29, 1.82) is 0 Å². The molecule has 2 amide bonds. The average molecular weight is 458 g/mol.